The zero-order chi connectivity index (χ0) is 29.0. The highest BCUT2D eigenvalue weighted by Gasteiger charge is 2.34. The van der Waals surface area contributed by atoms with Gasteiger partial charge in [-0.15, -0.1) is 5.92 Å². The van der Waals surface area contributed by atoms with Gasteiger partial charge in [-0.25, -0.2) is 31.3 Å². The zero-order valence-electron chi connectivity index (χ0n) is 22.9. The van der Waals surface area contributed by atoms with Crippen LogP contribution in [0.1, 0.15) is 41.5 Å². The van der Waals surface area contributed by atoms with Gasteiger partial charge in [-0.3, -0.25) is 5.32 Å². The van der Waals surface area contributed by atoms with E-state index >= 15 is 0 Å². The quantitative estimate of drug-likeness (QED) is 0.479. The number of sulfonamides is 2. The predicted molar refractivity (Wildman–Crippen MR) is 149 cm³/mol. The summed E-state index contributed by atoms with van der Waals surface area (Å²) in [7, 11) is -7.51. The van der Waals surface area contributed by atoms with E-state index in [1.54, 1.807) is 53.7 Å². The highest BCUT2D eigenvalue weighted by Crippen LogP contribution is 2.26. The number of benzene rings is 1. The number of carbonyl (C=O) groups excluding carboxylic acids is 1. The highest BCUT2D eigenvalue weighted by molar-refractivity contribution is 7.89. The number of carbonyl (C=O) groups is 1. The van der Waals surface area contributed by atoms with Crippen molar-refractivity contribution in [3.63, 3.8) is 0 Å². The average Bonchev–Trinajstić information content (AvgIpc) is 2.83. The number of anilines is 2. The number of hydrogen-bond acceptors (Lipinski definition) is 8. The smallest absolute Gasteiger partial charge is 0.413 e. The Balaban J connectivity index is 1.74. The van der Waals surface area contributed by atoms with Crippen LogP contribution in [-0.4, -0.2) is 69.5 Å². The third-order valence-corrected chi connectivity index (χ3v) is 9.05. The molecule has 0 spiro atoms. The molecule has 1 aliphatic rings. The van der Waals surface area contributed by atoms with Gasteiger partial charge >= 0.3 is 6.09 Å². The lowest BCUT2D eigenvalue weighted by Gasteiger charge is -2.39. The monoisotopic (exact) mass is 577 g/mol. The van der Waals surface area contributed by atoms with Crippen LogP contribution in [0.25, 0.3) is 0 Å². The van der Waals surface area contributed by atoms with Gasteiger partial charge in [-0.05, 0) is 77.9 Å². The lowest BCUT2D eigenvalue weighted by atomic mass is 10.1. The number of amides is 1. The van der Waals surface area contributed by atoms with Crippen LogP contribution in [0.4, 0.5) is 16.3 Å². The Morgan fingerprint density at radius 2 is 1.69 bits per heavy atom. The first-order chi connectivity index (χ1) is 18.1. The molecule has 13 heteroatoms. The van der Waals surface area contributed by atoms with Gasteiger partial charge in [0.1, 0.15) is 22.4 Å². The SMILES string of the molecule is CC#CC1CN(S(=O)(=O)c2ccc(NC(=O)OC(C)(C)C)nc2)CCN1c1ccc(S(=O)(=O)NC(C)C)cc1. The molecule has 1 aliphatic heterocycles. The van der Waals surface area contributed by atoms with Crippen LogP contribution in [0.5, 0.6) is 0 Å². The molecule has 3 rings (SSSR count). The molecule has 0 bridgehead atoms. The fraction of sp³-hybridized carbons (Fsp3) is 0.462. The van der Waals surface area contributed by atoms with Crippen molar-refractivity contribution in [3.8, 4) is 11.8 Å². The lowest BCUT2D eigenvalue weighted by molar-refractivity contribution is 0.0635. The maximum absolute atomic E-state index is 13.4. The standard InChI is InChI=1S/C26H35N5O6S2/c1-7-8-21-18-30(15-16-31(21)20-9-11-22(12-10-20)38(33,34)29-19(2)3)39(35,36)23-13-14-24(27-17-23)28-25(32)37-26(4,5)6/h9-14,17,19,21,29H,15-16,18H2,1-6H3,(H,27,28,32). The topological polar surface area (TPSA) is 138 Å². The summed E-state index contributed by atoms with van der Waals surface area (Å²) in [4.78, 5) is 18.1. The number of pyridine rings is 1. The Morgan fingerprint density at radius 1 is 1.05 bits per heavy atom. The molecule has 39 heavy (non-hydrogen) atoms. The van der Waals surface area contributed by atoms with Crippen LogP contribution in [0, 0.1) is 11.8 Å². The van der Waals surface area contributed by atoms with E-state index in [9.17, 15) is 21.6 Å². The Morgan fingerprint density at radius 3 is 2.23 bits per heavy atom. The second kappa shape index (κ2) is 11.9. The van der Waals surface area contributed by atoms with Crippen LogP contribution >= 0.6 is 0 Å². The van der Waals surface area contributed by atoms with E-state index in [2.05, 4.69) is 26.9 Å². The summed E-state index contributed by atoms with van der Waals surface area (Å²) in [5, 5.41) is 2.48. The number of nitrogens with one attached hydrogen (secondary N) is 2. The summed E-state index contributed by atoms with van der Waals surface area (Å²) in [6.07, 6.45) is 0.503. The highest BCUT2D eigenvalue weighted by atomic mass is 32.2. The van der Waals surface area contributed by atoms with Crippen molar-refractivity contribution in [2.24, 2.45) is 0 Å². The first-order valence-corrected chi connectivity index (χ1v) is 15.3. The van der Waals surface area contributed by atoms with Crippen molar-refractivity contribution in [1.82, 2.24) is 14.0 Å². The van der Waals surface area contributed by atoms with E-state index in [-0.39, 0.29) is 34.7 Å². The molecular weight excluding hydrogens is 542 g/mol. The molecule has 1 atom stereocenters. The van der Waals surface area contributed by atoms with E-state index in [0.29, 0.717) is 6.54 Å². The van der Waals surface area contributed by atoms with Gasteiger partial charge in [-0.2, -0.15) is 4.31 Å². The maximum atomic E-state index is 13.4. The Bertz CT molecular complexity index is 1440. The molecule has 2 N–H and O–H groups in total. The molecule has 0 radical (unpaired) electrons. The molecule has 1 amide bonds. The van der Waals surface area contributed by atoms with Crippen molar-refractivity contribution in [2.45, 2.75) is 69.0 Å². The molecule has 1 fully saturated rings. The summed E-state index contributed by atoms with van der Waals surface area (Å²) in [6.45, 7) is 11.0. The van der Waals surface area contributed by atoms with Crippen molar-refractivity contribution in [3.05, 3.63) is 42.6 Å². The molecule has 1 aromatic carbocycles. The van der Waals surface area contributed by atoms with Gasteiger partial charge in [0.25, 0.3) is 0 Å². The summed E-state index contributed by atoms with van der Waals surface area (Å²) in [6, 6.07) is 8.55. The fourth-order valence-electron chi connectivity index (χ4n) is 3.93. The minimum atomic E-state index is -3.89. The minimum Gasteiger partial charge on any atom is -0.444 e. The summed E-state index contributed by atoms with van der Waals surface area (Å²) >= 11 is 0. The number of nitrogens with zero attached hydrogens (tertiary/aromatic N) is 3. The molecule has 0 saturated carbocycles. The van der Waals surface area contributed by atoms with Crippen LogP contribution in [0.3, 0.4) is 0 Å². The summed E-state index contributed by atoms with van der Waals surface area (Å²) in [5.74, 6) is 6.10. The number of ether oxygens (including phenoxy) is 1. The van der Waals surface area contributed by atoms with E-state index in [1.807, 2.05) is 4.90 Å². The van der Waals surface area contributed by atoms with Crippen LogP contribution < -0.4 is 14.9 Å². The third kappa shape index (κ3) is 7.92. The molecule has 1 unspecified atom stereocenters. The van der Waals surface area contributed by atoms with Crippen LogP contribution in [-0.2, 0) is 24.8 Å². The van der Waals surface area contributed by atoms with E-state index in [0.717, 1.165) is 5.69 Å². The fourth-order valence-corrected chi connectivity index (χ4v) is 6.57. The average molecular weight is 578 g/mol. The van der Waals surface area contributed by atoms with Crippen molar-refractivity contribution in [1.29, 1.82) is 0 Å². The van der Waals surface area contributed by atoms with Gasteiger partial charge in [0.15, 0.2) is 0 Å². The molecule has 11 nitrogen and oxygen atoms in total. The molecule has 1 saturated heterocycles. The Hall–Kier alpha value is -3.18. The Labute approximate surface area is 231 Å². The molecule has 1 aromatic heterocycles. The van der Waals surface area contributed by atoms with E-state index in [4.69, 9.17) is 4.74 Å². The molecular formula is C26H35N5O6S2. The molecule has 2 heterocycles. The van der Waals surface area contributed by atoms with Crippen LogP contribution in [0.15, 0.2) is 52.4 Å². The van der Waals surface area contributed by atoms with E-state index < -0.39 is 37.8 Å². The van der Waals surface area contributed by atoms with Crippen molar-refractivity contribution >= 4 is 37.6 Å². The maximum Gasteiger partial charge on any atom is 0.413 e. The lowest BCUT2D eigenvalue weighted by Crippen LogP contribution is -2.54. The Kier molecular flexibility index (Phi) is 9.27. The normalized spacial score (nSPS) is 16.9. The number of piperazine rings is 1. The number of aromatic nitrogens is 1. The van der Waals surface area contributed by atoms with Crippen LogP contribution in [0.2, 0.25) is 0 Å². The summed E-state index contributed by atoms with van der Waals surface area (Å²) < 4.78 is 60.8. The van der Waals surface area contributed by atoms with Crippen molar-refractivity contribution in [2.75, 3.05) is 29.9 Å². The van der Waals surface area contributed by atoms with E-state index in [1.165, 1.54) is 34.8 Å². The second-order valence-electron chi connectivity index (χ2n) is 10.2. The molecule has 0 aliphatic carbocycles. The molecule has 2 aromatic rings. The van der Waals surface area contributed by atoms with Gasteiger partial charge < -0.3 is 9.64 Å². The molecule has 212 valence electrons. The largest absolute Gasteiger partial charge is 0.444 e. The second-order valence-corrected chi connectivity index (χ2v) is 13.9. The first-order valence-electron chi connectivity index (χ1n) is 12.4. The van der Waals surface area contributed by atoms with Gasteiger partial charge in [0.2, 0.25) is 20.0 Å². The number of rotatable bonds is 7. The zero-order valence-corrected chi connectivity index (χ0v) is 24.6. The van der Waals surface area contributed by atoms with Crippen molar-refractivity contribution < 1.29 is 26.4 Å². The summed E-state index contributed by atoms with van der Waals surface area (Å²) in [5.41, 5.74) is 0.0561. The van der Waals surface area contributed by atoms with Gasteiger partial charge in [-0.1, -0.05) is 5.92 Å². The van der Waals surface area contributed by atoms with Gasteiger partial charge in [0, 0.05) is 37.6 Å². The first kappa shape index (κ1) is 30.4. The number of hydrogen-bond donors (Lipinski definition) is 2. The predicted octanol–water partition coefficient (Wildman–Crippen LogP) is 3.02. The third-order valence-electron chi connectivity index (χ3n) is 5.53. The van der Waals surface area contributed by atoms with Gasteiger partial charge in [0.05, 0.1) is 4.90 Å². The minimum absolute atomic E-state index is 0.0129.